The Morgan fingerprint density at radius 2 is 1.92 bits per heavy atom. The molecule has 2 bridgehead atoms. The first-order valence-corrected chi connectivity index (χ1v) is 9.87. The van der Waals surface area contributed by atoms with Gasteiger partial charge in [0.2, 0.25) is 5.13 Å². The van der Waals surface area contributed by atoms with Crippen molar-refractivity contribution >= 4 is 16.5 Å². The molecule has 0 spiro atoms. The molecule has 3 saturated heterocycles. The van der Waals surface area contributed by atoms with Crippen LogP contribution in [0.4, 0.5) is 5.13 Å². The Morgan fingerprint density at radius 3 is 2.67 bits per heavy atom. The van der Waals surface area contributed by atoms with Gasteiger partial charge < -0.3 is 4.90 Å². The van der Waals surface area contributed by atoms with Gasteiger partial charge in [-0.05, 0) is 24.3 Å². The largest absolute Gasteiger partial charge is 0.345 e. The average Bonchev–Trinajstić information content (AvgIpc) is 2.92. The normalized spacial score (nSPS) is 24.5. The van der Waals surface area contributed by atoms with Gasteiger partial charge in [-0.25, -0.2) is 0 Å². The van der Waals surface area contributed by atoms with Crippen molar-refractivity contribution in [2.75, 3.05) is 24.5 Å². The number of anilines is 1. The minimum Gasteiger partial charge on any atom is -0.345 e. The van der Waals surface area contributed by atoms with Gasteiger partial charge in [0.1, 0.15) is 5.01 Å². The summed E-state index contributed by atoms with van der Waals surface area (Å²) in [5.41, 5.74) is 1.43. The zero-order valence-corrected chi connectivity index (χ0v) is 15.4. The van der Waals surface area contributed by atoms with Gasteiger partial charge in [0.25, 0.3) is 0 Å². The summed E-state index contributed by atoms with van der Waals surface area (Å²) in [7, 11) is 0. The lowest BCUT2D eigenvalue weighted by molar-refractivity contribution is 0.126. The molecule has 0 unspecified atom stereocenters. The molecule has 128 valence electrons. The van der Waals surface area contributed by atoms with E-state index in [2.05, 4.69) is 64.2 Å². The van der Waals surface area contributed by atoms with E-state index in [4.69, 9.17) is 0 Å². The predicted octanol–water partition coefficient (Wildman–Crippen LogP) is 3.76. The van der Waals surface area contributed by atoms with Gasteiger partial charge in [-0.2, -0.15) is 0 Å². The highest BCUT2D eigenvalue weighted by atomic mass is 32.1. The molecule has 4 heterocycles. The highest BCUT2D eigenvalue weighted by Crippen LogP contribution is 2.33. The minimum atomic E-state index is 0.467. The van der Waals surface area contributed by atoms with Crippen LogP contribution in [0.3, 0.4) is 0 Å². The highest BCUT2D eigenvalue weighted by molar-refractivity contribution is 7.15. The molecule has 2 atom stereocenters. The van der Waals surface area contributed by atoms with Gasteiger partial charge in [-0.1, -0.05) is 55.5 Å². The van der Waals surface area contributed by atoms with Crippen LogP contribution in [0.1, 0.15) is 43.2 Å². The van der Waals surface area contributed by atoms with Crippen LogP contribution in [0.25, 0.3) is 0 Å². The van der Waals surface area contributed by atoms with Crippen molar-refractivity contribution in [3.63, 3.8) is 0 Å². The minimum absolute atomic E-state index is 0.467. The molecule has 0 amide bonds. The summed E-state index contributed by atoms with van der Waals surface area (Å²) in [6.07, 6.45) is 2.66. The van der Waals surface area contributed by atoms with Crippen LogP contribution in [0.2, 0.25) is 0 Å². The summed E-state index contributed by atoms with van der Waals surface area (Å²) in [5.74, 6) is 1.22. The fourth-order valence-corrected chi connectivity index (χ4v) is 4.80. The maximum Gasteiger partial charge on any atom is 0.208 e. The number of hydrogen-bond acceptors (Lipinski definition) is 5. The van der Waals surface area contributed by atoms with E-state index in [1.54, 1.807) is 11.3 Å². The van der Waals surface area contributed by atoms with Crippen molar-refractivity contribution in [2.45, 2.75) is 45.2 Å². The number of piperidine rings is 1. The second-order valence-corrected chi connectivity index (χ2v) is 8.48. The third-order valence-electron chi connectivity index (χ3n) is 5.25. The van der Waals surface area contributed by atoms with E-state index >= 15 is 0 Å². The molecule has 1 aromatic carbocycles. The molecule has 0 radical (unpaired) electrons. The van der Waals surface area contributed by atoms with Gasteiger partial charge in [0, 0.05) is 38.1 Å². The molecule has 2 aromatic rings. The molecule has 24 heavy (non-hydrogen) atoms. The van der Waals surface area contributed by atoms with Crippen LogP contribution in [0.5, 0.6) is 0 Å². The predicted molar refractivity (Wildman–Crippen MR) is 99.6 cm³/mol. The molecule has 3 fully saturated rings. The van der Waals surface area contributed by atoms with Gasteiger partial charge in [-0.15, -0.1) is 10.2 Å². The molecule has 4 nitrogen and oxygen atoms in total. The molecule has 0 N–H and O–H groups in total. The molecule has 5 rings (SSSR count). The van der Waals surface area contributed by atoms with E-state index in [1.807, 2.05) is 0 Å². The zero-order valence-electron chi connectivity index (χ0n) is 14.6. The van der Waals surface area contributed by atoms with E-state index in [9.17, 15) is 0 Å². The fourth-order valence-electron chi connectivity index (χ4n) is 3.93. The maximum atomic E-state index is 4.48. The first-order chi connectivity index (χ1) is 11.7. The summed E-state index contributed by atoms with van der Waals surface area (Å²) in [6.45, 7) is 8.90. The lowest BCUT2D eigenvalue weighted by atomic mass is 9.94. The van der Waals surface area contributed by atoms with E-state index in [1.165, 1.54) is 24.9 Å². The molecule has 5 heteroatoms. The van der Waals surface area contributed by atoms with Crippen molar-refractivity contribution in [1.29, 1.82) is 0 Å². The second kappa shape index (κ2) is 6.81. The summed E-state index contributed by atoms with van der Waals surface area (Å²) >= 11 is 1.78. The quantitative estimate of drug-likeness (QED) is 0.847. The van der Waals surface area contributed by atoms with Crippen LogP contribution >= 0.6 is 11.3 Å². The van der Waals surface area contributed by atoms with Crippen LogP contribution < -0.4 is 4.90 Å². The lowest BCUT2D eigenvalue weighted by Gasteiger charge is -2.36. The maximum absolute atomic E-state index is 4.48. The summed E-state index contributed by atoms with van der Waals surface area (Å²) in [4.78, 5) is 5.19. The smallest absolute Gasteiger partial charge is 0.208 e. The summed E-state index contributed by atoms with van der Waals surface area (Å²) in [5, 5.41) is 11.2. The van der Waals surface area contributed by atoms with Crippen molar-refractivity contribution < 1.29 is 0 Å². The Hall–Kier alpha value is -1.46. The van der Waals surface area contributed by atoms with Crippen LogP contribution in [-0.2, 0) is 6.54 Å². The molecule has 0 aliphatic carbocycles. The van der Waals surface area contributed by atoms with Crippen molar-refractivity contribution in [2.24, 2.45) is 5.92 Å². The van der Waals surface area contributed by atoms with Crippen molar-refractivity contribution in [3.05, 3.63) is 40.9 Å². The molecule has 0 saturated carbocycles. The summed E-state index contributed by atoms with van der Waals surface area (Å²) < 4.78 is 0. The monoisotopic (exact) mass is 342 g/mol. The topological polar surface area (TPSA) is 32.3 Å². The number of hydrogen-bond donors (Lipinski definition) is 0. The van der Waals surface area contributed by atoms with E-state index < -0.39 is 0 Å². The van der Waals surface area contributed by atoms with Gasteiger partial charge in [0.15, 0.2) is 0 Å². The first-order valence-electron chi connectivity index (χ1n) is 9.05. The Bertz CT molecular complexity index is 669. The molecular weight excluding hydrogens is 316 g/mol. The lowest BCUT2D eigenvalue weighted by Crippen LogP contribution is -2.43. The van der Waals surface area contributed by atoms with Gasteiger partial charge in [0.05, 0.1) is 0 Å². The third kappa shape index (κ3) is 3.33. The number of rotatable bonds is 4. The van der Waals surface area contributed by atoms with E-state index in [-0.39, 0.29) is 0 Å². The Labute approximate surface area is 148 Å². The molecular formula is C19H26N4S. The molecule has 1 aromatic heterocycles. The zero-order chi connectivity index (χ0) is 16.5. The standard InChI is InChI=1S/C19H26N4S/c1-14(2)18-20-21-19(24-18)23-12-16-8-9-17(13-23)22(11-16)10-15-6-4-3-5-7-15/h3-7,14,16-17H,8-13H2,1-2H3/t16-,17-/m0/s1. The fraction of sp³-hybridized carbons (Fsp3) is 0.579. The summed E-state index contributed by atoms with van der Waals surface area (Å²) in [6, 6.07) is 11.5. The molecule has 3 aliphatic rings. The van der Waals surface area contributed by atoms with Crippen molar-refractivity contribution in [3.8, 4) is 0 Å². The van der Waals surface area contributed by atoms with Crippen LogP contribution in [0.15, 0.2) is 30.3 Å². The number of aromatic nitrogens is 2. The second-order valence-electron chi connectivity index (χ2n) is 7.49. The third-order valence-corrected chi connectivity index (χ3v) is 6.53. The Kier molecular flexibility index (Phi) is 4.55. The highest BCUT2D eigenvalue weighted by Gasteiger charge is 2.35. The SMILES string of the molecule is CC(C)c1nnc(N2C[C@H]3CC[C@@H](C2)N(Cc2ccccc2)C3)s1. The first kappa shape index (κ1) is 16.0. The number of nitrogens with zero attached hydrogens (tertiary/aromatic N) is 4. The molecule has 3 aliphatic heterocycles. The number of benzene rings is 1. The van der Waals surface area contributed by atoms with Gasteiger partial charge in [-0.3, -0.25) is 4.90 Å². The van der Waals surface area contributed by atoms with Gasteiger partial charge >= 0.3 is 0 Å². The van der Waals surface area contributed by atoms with Crippen LogP contribution in [0, 0.1) is 5.92 Å². The van der Waals surface area contributed by atoms with E-state index in [0.29, 0.717) is 12.0 Å². The Morgan fingerprint density at radius 1 is 1.08 bits per heavy atom. The Balaban J connectivity index is 1.49. The number of fused-ring (bicyclic) bond motifs is 4. The van der Waals surface area contributed by atoms with Crippen molar-refractivity contribution in [1.82, 2.24) is 15.1 Å². The average molecular weight is 343 g/mol. The van der Waals surface area contributed by atoms with E-state index in [0.717, 1.165) is 35.7 Å². The van der Waals surface area contributed by atoms with Crippen LogP contribution in [-0.4, -0.2) is 40.8 Å².